The van der Waals surface area contributed by atoms with E-state index in [-0.39, 0.29) is 70.0 Å². The Morgan fingerprint density at radius 2 is 0.368 bits per heavy atom. The van der Waals surface area contributed by atoms with Gasteiger partial charge in [-0.2, -0.15) is 28.8 Å². The Hall–Kier alpha value is -13.4. The van der Waals surface area contributed by atoms with Crippen LogP contribution in [0.2, 0.25) is 0 Å². The summed E-state index contributed by atoms with van der Waals surface area (Å²) in [4.78, 5) is 217. The Balaban J connectivity index is 1.40. The number of carbonyl (C=O) groups is 12. The summed E-state index contributed by atoms with van der Waals surface area (Å²) in [6.07, 6.45) is -13.3. The maximum absolute atomic E-state index is 13.8. The molecule has 0 aliphatic rings. The van der Waals surface area contributed by atoms with Crippen molar-refractivity contribution in [2.45, 2.75) is 133 Å². The highest BCUT2D eigenvalue weighted by Crippen LogP contribution is 2.35. The maximum atomic E-state index is 13.8. The molecule has 0 N–H and O–H groups in total. The average molecular weight is 1600 g/mol. The number of hydrogen-bond donors (Lipinski definition) is 0. The van der Waals surface area contributed by atoms with E-state index in [0.29, 0.717) is 34.5 Å². The van der Waals surface area contributed by atoms with Crippen molar-refractivity contribution < 1.29 is 173 Å². The number of hydrogen-bond acceptors (Lipinski definition) is 36. The minimum absolute atomic E-state index is 0.116. The minimum atomic E-state index is -1.80. The van der Waals surface area contributed by atoms with Gasteiger partial charge in [0.05, 0.1) is 110 Å². The number of rotatable bonds is 35. The van der Waals surface area contributed by atoms with Crippen LogP contribution < -0.4 is 28.4 Å². The van der Waals surface area contributed by atoms with Crippen molar-refractivity contribution >= 4 is 72.7 Å². The van der Waals surface area contributed by atoms with Gasteiger partial charge in [-0.25, -0.2) is 87.4 Å². The Morgan fingerprint density at radius 1 is 0.211 bits per heavy atom. The van der Waals surface area contributed by atoms with E-state index in [1.165, 1.54) is 146 Å². The molecule has 0 aliphatic carbocycles. The highest BCUT2D eigenvalue weighted by Gasteiger charge is 2.40. The predicted molar refractivity (Wildman–Crippen MR) is 384 cm³/mol. The van der Waals surface area contributed by atoms with Crippen molar-refractivity contribution in [3.05, 3.63) is 179 Å². The van der Waals surface area contributed by atoms with Crippen LogP contribution in [0.4, 0.5) is 28.8 Å². The molecule has 114 heavy (non-hydrogen) atoms. The van der Waals surface area contributed by atoms with E-state index in [4.69, 9.17) is 106 Å². The SMILES string of the molecule is CC(C)Oc1ccc(C(=O)OOC(=O)OCCC(COC(=O)OOC(=O)c2ccc(OC(C)C)cc2)C(COC(=O)OOC(=O)c2ccc(OC(C)C)cc2)C(COC(=O)OOC(=O)c2ccc(OC(C)C)cc2)C(CCOC(=O)OOC(=O)c2ccc(OC(C)C)cc2)COC(=O)OOC(=O)c2ccc(OC(C)C)cc2)cc1. The molecule has 0 saturated carbocycles. The van der Waals surface area contributed by atoms with Crippen LogP contribution in [-0.2, 0) is 87.1 Å². The number of carbonyl (C=O) groups excluding carboxylic acids is 12. The molecular weight excluding hydrogens is 1510 g/mol. The normalized spacial score (nSPS) is 11.8. The van der Waals surface area contributed by atoms with Gasteiger partial charge in [-0.15, -0.1) is 0 Å². The molecule has 36 nitrogen and oxygen atoms in total. The second-order valence-electron chi connectivity index (χ2n) is 25.7. The lowest BCUT2D eigenvalue weighted by atomic mass is 9.74. The van der Waals surface area contributed by atoms with Gasteiger partial charge in [0.25, 0.3) is 0 Å². The first kappa shape index (κ1) is 89.5. The molecule has 0 saturated heterocycles. The van der Waals surface area contributed by atoms with Gasteiger partial charge in [-0.05, 0) is 242 Å². The Bertz CT molecular complexity index is 3830. The first-order chi connectivity index (χ1) is 54.4. The van der Waals surface area contributed by atoms with Crippen molar-refractivity contribution in [2.24, 2.45) is 23.7 Å². The molecule has 0 spiro atoms. The van der Waals surface area contributed by atoms with Gasteiger partial charge >= 0.3 is 72.7 Å². The number of ether oxygens (including phenoxy) is 12. The summed E-state index contributed by atoms with van der Waals surface area (Å²) in [6.45, 7) is 15.1. The van der Waals surface area contributed by atoms with Gasteiger partial charge in [-0.3, -0.25) is 0 Å². The van der Waals surface area contributed by atoms with Crippen molar-refractivity contribution in [3.63, 3.8) is 0 Å². The summed E-state index contributed by atoms with van der Waals surface area (Å²) in [7, 11) is 0. The van der Waals surface area contributed by atoms with Crippen LogP contribution in [-0.4, -0.2) is 149 Å². The van der Waals surface area contributed by atoms with Crippen molar-refractivity contribution in [2.75, 3.05) is 39.6 Å². The fraction of sp³-hybridized carbons (Fsp3) is 0.385. The zero-order valence-electron chi connectivity index (χ0n) is 64.0. The fourth-order valence-corrected chi connectivity index (χ4v) is 9.84. The molecule has 0 heterocycles. The molecule has 0 aliphatic heterocycles. The van der Waals surface area contributed by atoms with Crippen LogP contribution in [0.15, 0.2) is 146 Å². The van der Waals surface area contributed by atoms with Crippen LogP contribution in [0, 0.1) is 23.7 Å². The summed E-state index contributed by atoms with van der Waals surface area (Å²) in [6, 6.07) is 32.5. The van der Waals surface area contributed by atoms with Gasteiger partial charge in [-0.1, -0.05) is 0 Å². The Kier molecular flexibility index (Phi) is 36.3. The lowest BCUT2D eigenvalue weighted by Crippen LogP contribution is -2.41. The predicted octanol–water partition coefficient (Wildman–Crippen LogP) is 14.5. The largest absolute Gasteiger partial charge is 0.549 e. The fourth-order valence-electron chi connectivity index (χ4n) is 9.84. The van der Waals surface area contributed by atoms with Gasteiger partial charge in [0.1, 0.15) is 34.5 Å². The van der Waals surface area contributed by atoms with Crippen LogP contribution in [0.1, 0.15) is 158 Å². The second-order valence-corrected chi connectivity index (χ2v) is 25.7. The lowest BCUT2D eigenvalue weighted by Gasteiger charge is -2.36. The molecule has 0 radical (unpaired) electrons. The molecule has 6 rings (SSSR count). The molecule has 36 heteroatoms. The molecule has 6 aromatic rings. The van der Waals surface area contributed by atoms with E-state index in [1.54, 1.807) is 83.1 Å². The lowest BCUT2D eigenvalue weighted by molar-refractivity contribution is -0.212. The summed E-state index contributed by atoms with van der Waals surface area (Å²) in [5.41, 5.74) is -0.874. The Labute approximate surface area is 652 Å². The third-order valence-corrected chi connectivity index (χ3v) is 14.7. The van der Waals surface area contributed by atoms with Crippen molar-refractivity contribution in [1.29, 1.82) is 0 Å². The first-order valence-electron chi connectivity index (χ1n) is 35.3. The molecule has 0 aromatic heterocycles. The monoisotopic (exact) mass is 1600 g/mol. The summed E-state index contributed by atoms with van der Waals surface area (Å²) >= 11 is 0. The second kappa shape index (κ2) is 46.3. The van der Waals surface area contributed by atoms with E-state index >= 15 is 0 Å². The van der Waals surface area contributed by atoms with Crippen molar-refractivity contribution in [3.8, 4) is 34.5 Å². The molecule has 4 atom stereocenters. The van der Waals surface area contributed by atoms with E-state index in [0.717, 1.165) is 0 Å². The molecule has 6 aromatic carbocycles. The molecular formula is C78H86O36. The summed E-state index contributed by atoms with van der Waals surface area (Å²) < 4.78 is 66.3. The van der Waals surface area contributed by atoms with Gasteiger partial charge in [0, 0.05) is 23.7 Å². The average Bonchev–Trinajstić information content (AvgIpc) is 0.819. The van der Waals surface area contributed by atoms with E-state index < -0.39 is 149 Å². The molecule has 0 bridgehead atoms. The van der Waals surface area contributed by atoms with Gasteiger partial charge < -0.3 is 56.8 Å². The molecule has 4 unspecified atom stereocenters. The highest BCUT2D eigenvalue weighted by atomic mass is 17.3. The van der Waals surface area contributed by atoms with Crippen LogP contribution in [0.5, 0.6) is 34.5 Å². The first-order valence-corrected chi connectivity index (χ1v) is 35.3. The minimum Gasteiger partial charge on any atom is -0.491 e. The van der Waals surface area contributed by atoms with E-state index in [9.17, 15) is 57.5 Å². The zero-order chi connectivity index (χ0) is 83.2. The van der Waals surface area contributed by atoms with Crippen molar-refractivity contribution in [1.82, 2.24) is 0 Å². The topological polar surface area (TPSA) is 426 Å². The van der Waals surface area contributed by atoms with Crippen LogP contribution >= 0.6 is 0 Å². The highest BCUT2D eigenvalue weighted by molar-refractivity contribution is 5.92. The Morgan fingerprint density at radius 3 is 0.535 bits per heavy atom. The van der Waals surface area contributed by atoms with Gasteiger partial charge in [0.2, 0.25) is 0 Å². The zero-order valence-corrected chi connectivity index (χ0v) is 64.0. The number of benzene rings is 6. The third-order valence-electron chi connectivity index (χ3n) is 14.7. The van der Waals surface area contributed by atoms with Crippen LogP contribution in [0.3, 0.4) is 0 Å². The third kappa shape index (κ3) is 33.0. The van der Waals surface area contributed by atoms with E-state index in [1.807, 2.05) is 0 Å². The maximum Gasteiger partial charge on any atom is 0.549 e. The summed E-state index contributed by atoms with van der Waals surface area (Å²) in [5.74, 6) is -11.9. The van der Waals surface area contributed by atoms with Crippen LogP contribution in [0.25, 0.3) is 0 Å². The molecule has 0 amide bonds. The quantitative estimate of drug-likeness (QED) is 0.0154. The molecule has 0 fully saturated rings. The summed E-state index contributed by atoms with van der Waals surface area (Å²) in [5, 5.41) is 0. The smallest absolute Gasteiger partial charge is 0.491 e. The molecule has 614 valence electrons. The van der Waals surface area contributed by atoms with E-state index in [2.05, 4.69) is 9.78 Å². The van der Waals surface area contributed by atoms with Gasteiger partial charge in [0.15, 0.2) is 0 Å². The standard InChI is InChI=1S/C78H86O36/c1-45(2)97-59-25-13-51(14-26-59)67(79)103-109-73(85)91-39-37-57(41-93-75(87)111-105-69(81)53-17-29-61(30-18-53)99-47(5)6)65(43-95-77(89)113-107-71(83)55-21-33-63(34-22-55)101-49(9)10)66(44-96-78(90)114-108-72(84)56-23-35-64(36-24-56)102-50(11)12)58(42-94-76(88)112-106-70(82)54-19-31-62(32-20-54)100-48(7)8)38-40-92-74(86)110-104-68(80)52-15-27-60(28-16-52)98-46(3)4/h13-36,45-50,57-58,65-66H,37-44H2,1-12H3.